The fraction of sp³-hybridized carbons (Fsp3) is 0.357. The van der Waals surface area contributed by atoms with Gasteiger partial charge in [-0.25, -0.2) is 0 Å². The maximum atomic E-state index is 5.69. The number of hydrogen-bond acceptors (Lipinski definition) is 3. The van der Waals surface area contributed by atoms with E-state index in [9.17, 15) is 0 Å². The average Bonchev–Trinajstić information content (AvgIpc) is 2.93. The van der Waals surface area contributed by atoms with E-state index in [0.717, 1.165) is 17.0 Å². The first-order valence-electron chi connectivity index (χ1n) is 6.05. The number of aryl methyl sites for hydroxylation is 3. The lowest BCUT2D eigenvalue weighted by Gasteiger charge is -2.02. The van der Waals surface area contributed by atoms with E-state index in [1.54, 1.807) is 0 Å². The van der Waals surface area contributed by atoms with Gasteiger partial charge in [-0.2, -0.15) is 4.98 Å². The van der Waals surface area contributed by atoms with Crippen LogP contribution in [0.1, 0.15) is 23.2 Å². The van der Waals surface area contributed by atoms with Gasteiger partial charge in [-0.05, 0) is 43.4 Å². The van der Waals surface area contributed by atoms with Crippen molar-refractivity contribution in [1.82, 2.24) is 4.98 Å². The van der Waals surface area contributed by atoms with Crippen LogP contribution in [0.4, 0.5) is 6.01 Å². The van der Waals surface area contributed by atoms with Crippen LogP contribution in [0.5, 0.6) is 0 Å². The molecule has 0 aliphatic heterocycles. The Morgan fingerprint density at radius 3 is 2.82 bits per heavy atom. The summed E-state index contributed by atoms with van der Waals surface area (Å²) in [5, 5.41) is 2.93. The van der Waals surface area contributed by atoms with Crippen molar-refractivity contribution in [2.45, 2.75) is 26.2 Å². The summed E-state index contributed by atoms with van der Waals surface area (Å²) in [7, 11) is 1.82. The Hall–Kier alpha value is -1.77. The van der Waals surface area contributed by atoms with Gasteiger partial charge in [0.1, 0.15) is 0 Å². The molecule has 1 aromatic heterocycles. The van der Waals surface area contributed by atoms with Crippen LogP contribution in [0, 0.1) is 6.92 Å². The molecule has 88 valence electrons. The highest BCUT2D eigenvalue weighted by Crippen LogP contribution is 2.31. The van der Waals surface area contributed by atoms with E-state index in [-0.39, 0.29) is 0 Å². The van der Waals surface area contributed by atoms with Gasteiger partial charge in [-0.15, -0.1) is 0 Å². The van der Waals surface area contributed by atoms with Crippen molar-refractivity contribution >= 4 is 6.01 Å². The van der Waals surface area contributed by atoms with Crippen molar-refractivity contribution in [1.29, 1.82) is 0 Å². The molecule has 3 nitrogen and oxygen atoms in total. The molecule has 0 unspecified atom stereocenters. The summed E-state index contributed by atoms with van der Waals surface area (Å²) >= 11 is 0. The molecule has 0 bridgehead atoms. The molecular formula is C14H16N2O. The molecule has 0 spiro atoms. The van der Waals surface area contributed by atoms with E-state index >= 15 is 0 Å². The second-order valence-electron chi connectivity index (χ2n) is 4.52. The van der Waals surface area contributed by atoms with Crippen LogP contribution in [0.15, 0.2) is 22.6 Å². The number of fused-ring (bicyclic) bond motifs is 1. The topological polar surface area (TPSA) is 38.1 Å². The zero-order chi connectivity index (χ0) is 11.8. The van der Waals surface area contributed by atoms with Gasteiger partial charge in [-0.1, -0.05) is 12.1 Å². The van der Waals surface area contributed by atoms with Crippen LogP contribution in [-0.2, 0) is 12.8 Å². The van der Waals surface area contributed by atoms with Crippen molar-refractivity contribution in [3.05, 3.63) is 35.0 Å². The predicted octanol–water partition coefficient (Wildman–Crippen LogP) is 3.18. The van der Waals surface area contributed by atoms with Crippen LogP contribution in [0.25, 0.3) is 11.3 Å². The Labute approximate surface area is 101 Å². The van der Waals surface area contributed by atoms with E-state index in [2.05, 4.69) is 28.5 Å². The predicted molar refractivity (Wildman–Crippen MR) is 68.2 cm³/mol. The van der Waals surface area contributed by atoms with Crippen LogP contribution >= 0.6 is 0 Å². The lowest BCUT2D eigenvalue weighted by atomic mass is 10.0. The van der Waals surface area contributed by atoms with Crippen LogP contribution in [0.2, 0.25) is 0 Å². The van der Waals surface area contributed by atoms with E-state index in [1.807, 2.05) is 14.0 Å². The first kappa shape index (κ1) is 10.4. The van der Waals surface area contributed by atoms with Crippen molar-refractivity contribution in [3.8, 4) is 11.3 Å². The molecule has 3 heteroatoms. The van der Waals surface area contributed by atoms with E-state index in [0.29, 0.717) is 6.01 Å². The first-order chi connectivity index (χ1) is 8.28. The molecular weight excluding hydrogens is 212 g/mol. The lowest BCUT2D eigenvalue weighted by Crippen LogP contribution is -1.85. The molecule has 0 amide bonds. The molecule has 0 radical (unpaired) electrons. The van der Waals surface area contributed by atoms with E-state index < -0.39 is 0 Å². The molecule has 1 heterocycles. The van der Waals surface area contributed by atoms with E-state index in [1.165, 1.54) is 30.4 Å². The van der Waals surface area contributed by atoms with E-state index in [4.69, 9.17) is 4.42 Å². The van der Waals surface area contributed by atoms with Gasteiger partial charge in [-0.3, -0.25) is 0 Å². The fourth-order valence-corrected chi connectivity index (χ4v) is 2.48. The lowest BCUT2D eigenvalue weighted by molar-refractivity contribution is 0.589. The standard InChI is InChI=1S/C14H16N2O/c1-9-13(17-14(15-2)16-9)12-7-6-10-4-3-5-11(10)8-12/h6-8H,3-5H2,1-2H3,(H,15,16). The van der Waals surface area contributed by atoms with Gasteiger partial charge in [0, 0.05) is 12.6 Å². The Bertz CT molecular complexity index is 557. The molecule has 0 atom stereocenters. The third kappa shape index (κ3) is 1.71. The highest BCUT2D eigenvalue weighted by atomic mass is 16.4. The molecule has 1 aliphatic carbocycles. The van der Waals surface area contributed by atoms with Crippen LogP contribution in [-0.4, -0.2) is 12.0 Å². The third-order valence-corrected chi connectivity index (χ3v) is 3.37. The zero-order valence-corrected chi connectivity index (χ0v) is 10.2. The van der Waals surface area contributed by atoms with Crippen LogP contribution < -0.4 is 5.32 Å². The molecule has 2 aromatic rings. The minimum absolute atomic E-state index is 0.581. The molecule has 0 saturated heterocycles. The summed E-state index contributed by atoms with van der Waals surface area (Å²) in [4.78, 5) is 4.32. The second-order valence-corrected chi connectivity index (χ2v) is 4.52. The smallest absolute Gasteiger partial charge is 0.295 e. The molecule has 17 heavy (non-hydrogen) atoms. The average molecular weight is 228 g/mol. The monoisotopic (exact) mass is 228 g/mol. The van der Waals surface area contributed by atoms with Gasteiger partial charge in [0.2, 0.25) is 0 Å². The quantitative estimate of drug-likeness (QED) is 0.857. The Morgan fingerprint density at radius 1 is 1.24 bits per heavy atom. The fourth-order valence-electron chi connectivity index (χ4n) is 2.48. The maximum Gasteiger partial charge on any atom is 0.295 e. The number of rotatable bonds is 2. The number of oxazole rings is 1. The summed E-state index contributed by atoms with van der Waals surface area (Å²) in [5.74, 6) is 0.879. The summed E-state index contributed by atoms with van der Waals surface area (Å²) in [6, 6.07) is 7.18. The highest BCUT2D eigenvalue weighted by Gasteiger charge is 2.15. The van der Waals surface area contributed by atoms with Crippen molar-refractivity contribution in [2.75, 3.05) is 12.4 Å². The Kier molecular flexibility index (Phi) is 2.39. The van der Waals surface area contributed by atoms with Gasteiger partial charge < -0.3 is 9.73 Å². The van der Waals surface area contributed by atoms with Gasteiger partial charge in [0.15, 0.2) is 5.76 Å². The maximum absolute atomic E-state index is 5.69. The normalized spacial score (nSPS) is 13.8. The summed E-state index contributed by atoms with van der Waals surface area (Å²) in [6.45, 7) is 1.98. The molecule has 0 saturated carbocycles. The molecule has 0 fully saturated rings. The largest absolute Gasteiger partial charge is 0.423 e. The zero-order valence-electron chi connectivity index (χ0n) is 10.2. The minimum atomic E-state index is 0.581. The van der Waals surface area contributed by atoms with Crippen molar-refractivity contribution < 1.29 is 4.42 Å². The number of aromatic nitrogens is 1. The number of nitrogens with zero attached hydrogens (tertiary/aromatic N) is 1. The molecule has 3 rings (SSSR count). The third-order valence-electron chi connectivity index (χ3n) is 3.37. The van der Waals surface area contributed by atoms with Gasteiger partial charge in [0.05, 0.1) is 5.69 Å². The van der Waals surface area contributed by atoms with Crippen molar-refractivity contribution in [2.24, 2.45) is 0 Å². The number of hydrogen-bond donors (Lipinski definition) is 1. The van der Waals surface area contributed by atoms with Gasteiger partial charge >= 0.3 is 0 Å². The SMILES string of the molecule is CNc1nc(C)c(-c2ccc3c(c2)CCC3)o1. The second kappa shape index (κ2) is 3.91. The summed E-state index contributed by atoms with van der Waals surface area (Å²) in [6.07, 6.45) is 3.68. The van der Waals surface area contributed by atoms with Crippen molar-refractivity contribution in [3.63, 3.8) is 0 Å². The first-order valence-corrected chi connectivity index (χ1v) is 6.05. The number of anilines is 1. The molecule has 1 aliphatic rings. The highest BCUT2D eigenvalue weighted by molar-refractivity contribution is 5.63. The molecule has 1 aromatic carbocycles. The minimum Gasteiger partial charge on any atom is -0.423 e. The van der Waals surface area contributed by atoms with Gasteiger partial charge in [0.25, 0.3) is 6.01 Å². The molecule has 1 N–H and O–H groups in total. The number of benzene rings is 1. The van der Waals surface area contributed by atoms with Crippen LogP contribution in [0.3, 0.4) is 0 Å². The summed E-state index contributed by atoms with van der Waals surface area (Å²) < 4.78 is 5.69. The Balaban J connectivity index is 2.06. The summed E-state index contributed by atoms with van der Waals surface area (Å²) in [5.41, 5.74) is 5.02. The Morgan fingerprint density at radius 2 is 2.06 bits per heavy atom. The number of nitrogens with one attached hydrogen (secondary N) is 1.